The van der Waals surface area contributed by atoms with Crippen molar-refractivity contribution in [2.24, 2.45) is 5.92 Å². The molecule has 0 fully saturated rings. The number of hydrogen-bond acceptors (Lipinski definition) is 4. The van der Waals surface area contributed by atoms with Crippen LogP contribution in [0.4, 0.5) is 4.79 Å². The van der Waals surface area contributed by atoms with Gasteiger partial charge in [-0.3, -0.25) is 9.59 Å². The molecule has 0 saturated heterocycles. The Bertz CT molecular complexity index is 1190. The van der Waals surface area contributed by atoms with E-state index >= 15 is 0 Å². The van der Waals surface area contributed by atoms with E-state index in [1.54, 1.807) is 25.7 Å². The van der Waals surface area contributed by atoms with Crippen molar-refractivity contribution in [2.45, 2.75) is 125 Å². The molecule has 7 nitrogen and oxygen atoms in total. The summed E-state index contributed by atoms with van der Waals surface area (Å²) in [5, 5.41) is 5.99. The Kier molecular flexibility index (Phi) is 12.2. The van der Waals surface area contributed by atoms with E-state index in [9.17, 15) is 14.4 Å². The van der Waals surface area contributed by atoms with Crippen LogP contribution in [0.2, 0.25) is 0 Å². The van der Waals surface area contributed by atoms with Crippen molar-refractivity contribution >= 4 is 17.9 Å². The molecule has 0 bridgehead atoms. The van der Waals surface area contributed by atoms with Crippen LogP contribution >= 0.6 is 0 Å². The molecule has 0 aliphatic rings. The molecule has 3 amide bonds. The average Bonchev–Trinajstić information content (AvgIpc) is 2.85. The third kappa shape index (κ3) is 11.1. The molecule has 0 radical (unpaired) electrons. The van der Waals surface area contributed by atoms with E-state index < -0.39 is 29.3 Å². The molecule has 2 aromatic rings. The van der Waals surface area contributed by atoms with Crippen LogP contribution < -0.4 is 10.6 Å². The van der Waals surface area contributed by atoms with Gasteiger partial charge in [-0.2, -0.15) is 0 Å². The van der Waals surface area contributed by atoms with Crippen LogP contribution in [-0.2, 0) is 20.7 Å². The fourth-order valence-corrected chi connectivity index (χ4v) is 4.90. The van der Waals surface area contributed by atoms with Crippen LogP contribution in [0.5, 0.6) is 0 Å². The van der Waals surface area contributed by atoms with Crippen LogP contribution in [0, 0.1) is 19.8 Å². The summed E-state index contributed by atoms with van der Waals surface area (Å²) in [6, 6.07) is 13.5. The zero-order chi connectivity index (χ0) is 31.8. The number of carbonyl (C=O) groups excluding carboxylic acids is 3. The van der Waals surface area contributed by atoms with Crippen molar-refractivity contribution in [1.82, 2.24) is 15.5 Å². The standard InChI is InChI=1S/C35H53N3O4/c1-23(2)17-20-26(5)38(30(31(39)37-34(6,7)8)28-21-24(3)18-19-25(28)4)32(40)29(22-27-15-13-12-14-16-27)36-33(41)42-35(9,10)11/h12-16,18-19,21,23,26,29-30H,17,20,22H2,1-11H3,(H,36,41)(H,37,39). The number of carbonyl (C=O) groups is 3. The van der Waals surface area contributed by atoms with Crippen molar-refractivity contribution in [1.29, 1.82) is 0 Å². The Morgan fingerprint density at radius 3 is 2.05 bits per heavy atom. The zero-order valence-corrected chi connectivity index (χ0v) is 27.6. The third-order valence-electron chi connectivity index (χ3n) is 6.92. The van der Waals surface area contributed by atoms with E-state index in [1.807, 2.05) is 90.1 Å². The van der Waals surface area contributed by atoms with Crippen molar-refractivity contribution in [3.63, 3.8) is 0 Å². The largest absolute Gasteiger partial charge is 0.444 e. The number of benzene rings is 2. The first-order chi connectivity index (χ1) is 19.4. The van der Waals surface area contributed by atoms with Gasteiger partial charge >= 0.3 is 6.09 Å². The summed E-state index contributed by atoms with van der Waals surface area (Å²) in [5.41, 5.74) is 2.34. The van der Waals surface area contributed by atoms with Crippen LogP contribution in [0.1, 0.15) is 103 Å². The molecule has 0 aromatic heterocycles. The molecule has 3 unspecified atom stereocenters. The highest BCUT2D eigenvalue weighted by Crippen LogP contribution is 2.31. The number of alkyl carbamates (subject to hydrolysis) is 1. The highest BCUT2D eigenvalue weighted by molar-refractivity contribution is 5.93. The summed E-state index contributed by atoms with van der Waals surface area (Å²) in [7, 11) is 0. The Morgan fingerprint density at radius 1 is 0.881 bits per heavy atom. The van der Waals surface area contributed by atoms with Crippen LogP contribution in [0.3, 0.4) is 0 Å². The Morgan fingerprint density at radius 2 is 1.50 bits per heavy atom. The number of amides is 3. The highest BCUT2D eigenvalue weighted by atomic mass is 16.6. The molecule has 3 atom stereocenters. The molecule has 42 heavy (non-hydrogen) atoms. The summed E-state index contributed by atoms with van der Waals surface area (Å²) in [5.74, 6) is -0.153. The predicted molar refractivity (Wildman–Crippen MR) is 170 cm³/mol. The van der Waals surface area contributed by atoms with Gasteiger partial charge in [0.15, 0.2) is 0 Å². The van der Waals surface area contributed by atoms with Crippen LogP contribution in [0.15, 0.2) is 48.5 Å². The molecule has 0 heterocycles. The van der Waals surface area contributed by atoms with E-state index in [2.05, 4.69) is 24.5 Å². The molecule has 0 aliphatic heterocycles. The zero-order valence-electron chi connectivity index (χ0n) is 27.6. The Labute approximate surface area is 253 Å². The lowest BCUT2D eigenvalue weighted by Gasteiger charge is -2.40. The first-order valence-electron chi connectivity index (χ1n) is 15.1. The van der Waals surface area contributed by atoms with Gasteiger partial charge in [0.2, 0.25) is 11.8 Å². The minimum Gasteiger partial charge on any atom is -0.444 e. The molecule has 2 rings (SSSR count). The number of nitrogens with one attached hydrogen (secondary N) is 2. The second-order valence-electron chi connectivity index (χ2n) is 14.0. The number of hydrogen-bond donors (Lipinski definition) is 2. The fraction of sp³-hybridized carbons (Fsp3) is 0.571. The number of aryl methyl sites for hydroxylation is 2. The molecule has 7 heteroatoms. The van der Waals surface area contributed by atoms with Gasteiger partial charge in [0.1, 0.15) is 17.7 Å². The van der Waals surface area contributed by atoms with Crippen LogP contribution in [-0.4, -0.2) is 46.0 Å². The van der Waals surface area contributed by atoms with Crippen LogP contribution in [0.25, 0.3) is 0 Å². The number of nitrogens with zero attached hydrogens (tertiary/aromatic N) is 1. The van der Waals surface area contributed by atoms with Crippen molar-refractivity contribution in [3.05, 3.63) is 70.8 Å². The molecule has 2 aromatic carbocycles. The normalized spacial score (nSPS) is 14.1. The molecular formula is C35H53N3O4. The molecule has 232 valence electrons. The Hall–Kier alpha value is -3.35. The van der Waals surface area contributed by atoms with Gasteiger partial charge < -0.3 is 20.3 Å². The van der Waals surface area contributed by atoms with E-state index in [0.717, 1.165) is 28.7 Å². The maximum absolute atomic E-state index is 14.8. The second kappa shape index (κ2) is 14.7. The van der Waals surface area contributed by atoms with E-state index in [1.165, 1.54) is 0 Å². The second-order valence-corrected chi connectivity index (χ2v) is 14.0. The van der Waals surface area contributed by atoms with E-state index in [0.29, 0.717) is 12.3 Å². The van der Waals surface area contributed by atoms with Gasteiger partial charge in [0, 0.05) is 18.0 Å². The molecular weight excluding hydrogens is 526 g/mol. The number of rotatable bonds is 11. The van der Waals surface area contributed by atoms with Crippen molar-refractivity contribution in [3.8, 4) is 0 Å². The monoisotopic (exact) mass is 579 g/mol. The summed E-state index contributed by atoms with van der Waals surface area (Å²) in [6.45, 7) is 21.4. The summed E-state index contributed by atoms with van der Waals surface area (Å²) < 4.78 is 5.57. The molecule has 0 aliphatic carbocycles. The lowest BCUT2D eigenvalue weighted by molar-refractivity contribution is -0.145. The smallest absolute Gasteiger partial charge is 0.408 e. The lowest BCUT2D eigenvalue weighted by Crippen LogP contribution is -2.57. The SMILES string of the molecule is Cc1ccc(C)c(C(C(=O)NC(C)(C)C)N(C(=O)C(Cc2ccccc2)NC(=O)OC(C)(C)C)C(C)CCC(C)C)c1. The highest BCUT2D eigenvalue weighted by Gasteiger charge is 2.40. The topological polar surface area (TPSA) is 87.7 Å². The van der Waals surface area contributed by atoms with Gasteiger partial charge in [0.05, 0.1) is 0 Å². The van der Waals surface area contributed by atoms with E-state index in [-0.39, 0.29) is 24.3 Å². The third-order valence-corrected chi connectivity index (χ3v) is 6.92. The minimum absolute atomic E-state index is 0.253. The summed E-state index contributed by atoms with van der Waals surface area (Å²) >= 11 is 0. The quantitative estimate of drug-likeness (QED) is 0.299. The van der Waals surface area contributed by atoms with Gasteiger partial charge in [-0.1, -0.05) is 67.9 Å². The van der Waals surface area contributed by atoms with Gasteiger partial charge in [0.25, 0.3) is 0 Å². The van der Waals surface area contributed by atoms with E-state index in [4.69, 9.17) is 4.74 Å². The first-order valence-corrected chi connectivity index (χ1v) is 15.1. The maximum Gasteiger partial charge on any atom is 0.408 e. The fourth-order valence-electron chi connectivity index (χ4n) is 4.90. The molecule has 2 N–H and O–H groups in total. The minimum atomic E-state index is -0.946. The average molecular weight is 580 g/mol. The first kappa shape index (κ1) is 34.8. The van der Waals surface area contributed by atoms with Gasteiger partial charge in [-0.05, 0) is 97.8 Å². The van der Waals surface area contributed by atoms with Crippen molar-refractivity contribution in [2.75, 3.05) is 0 Å². The molecule has 0 spiro atoms. The Balaban J connectivity index is 2.72. The van der Waals surface area contributed by atoms with Crippen molar-refractivity contribution < 1.29 is 19.1 Å². The van der Waals surface area contributed by atoms with Gasteiger partial charge in [-0.15, -0.1) is 0 Å². The summed E-state index contributed by atoms with van der Waals surface area (Å²) in [4.78, 5) is 43.7. The molecule has 0 saturated carbocycles. The predicted octanol–water partition coefficient (Wildman–Crippen LogP) is 7.05. The lowest BCUT2D eigenvalue weighted by atomic mass is 9.92. The summed E-state index contributed by atoms with van der Waals surface area (Å²) in [6.07, 6.45) is 1.17. The number of ether oxygens (including phenoxy) is 1. The maximum atomic E-state index is 14.8. The van der Waals surface area contributed by atoms with Gasteiger partial charge in [-0.25, -0.2) is 4.79 Å².